The van der Waals surface area contributed by atoms with Crippen LogP contribution in [0.2, 0.25) is 0 Å². The minimum atomic E-state index is 0.896. The fourth-order valence-electron chi connectivity index (χ4n) is 1.96. The van der Waals surface area contributed by atoms with Crippen molar-refractivity contribution in [2.75, 3.05) is 5.32 Å². The summed E-state index contributed by atoms with van der Waals surface area (Å²) in [5.41, 5.74) is 3.50. The van der Waals surface area contributed by atoms with Crippen LogP contribution in [-0.2, 0) is 0 Å². The van der Waals surface area contributed by atoms with Crippen molar-refractivity contribution < 1.29 is 2.80 Å². The normalized spacial score (nSPS) is 18.7. The van der Waals surface area contributed by atoms with E-state index < -0.39 is 0 Å². The van der Waals surface area contributed by atoms with Gasteiger partial charge in [-0.3, -0.25) is 0 Å². The third-order valence-electron chi connectivity index (χ3n) is 2.89. The Hall–Kier alpha value is -0.618. The number of hydrogen-bond donors (Lipinski definition) is 2. The summed E-state index contributed by atoms with van der Waals surface area (Å²) in [6.45, 7) is 0. The molecule has 1 aliphatic carbocycles. The van der Waals surface area contributed by atoms with Gasteiger partial charge in [0.1, 0.15) is 0 Å². The average Bonchev–Trinajstić information content (AvgIpc) is 2.41. The van der Waals surface area contributed by atoms with Crippen LogP contribution >= 0.6 is 11.6 Å². The topological polar surface area (TPSA) is 26.0 Å². The number of nitrogens with one attached hydrogen (secondary N) is 2. The van der Waals surface area contributed by atoms with Gasteiger partial charge in [-0.25, -0.2) is 0 Å². The molecule has 18 heavy (non-hydrogen) atoms. The van der Waals surface area contributed by atoms with Crippen LogP contribution < -0.4 is 8.12 Å². The van der Waals surface area contributed by atoms with Gasteiger partial charge >= 0.3 is 130 Å². The van der Waals surface area contributed by atoms with Gasteiger partial charge < -0.3 is 0 Å². The molecule has 91 valence electrons. The Balaban J connectivity index is 2.15. The van der Waals surface area contributed by atoms with Crippen molar-refractivity contribution in [3.8, 4) is 0 Å². The fraction of sp³-hybridized carbons (Fsp3) is 0.214. The first-order chi connectivity index (χ1) is 8.81. The Morgan fingerprint density at radius 1 is 1.22 bits per heavy atom. The minimum absolute atomic E-state index is 0.896. The van der Waals surface area contributed by atoms with E-state index in [1.54, 1.807) is 0 Å². The van der Waals surface area contributed by atoms with E-state index in [2.05, 4.69) is 8.12 Å². The zero-order chi connectivity index (χ0) is 12.8. The number of allylic oxidation sites excluding steroid dienone is 3. The molecule has 1 aliphatic rings. The molecule has 0 saturated heterocycles. The molecule has 0 bridgehead atoms. The van der Waals surface area contributed by atoms with E-state index in [4.69, 9.17) is 11.6 Å². The maximum absolute atomic E-state index is 6.41. The summed E-state index contributed by atoms with van der Waals surface area (Å²) >= 11 is 7.37. The monoisotopic (exact) mass is 454 g/mol. The van der Waals surface area contributed by atoms with Crippen molar-refractivity contribution >= 4 is 49.6 Å². The first kappa shape index (κ1) is 13.8. The summed E-state index contributed by atoms with van der Waals surface area (Å²) in [7, 11) is 0. The van der Waals surface area contributed by atoms with Crippen molar-refractivity contribution in [2.24, 2.45) is 0 Å². The molecule has 0 amide bonds. The molecule has 3 radical (unpaired) electrons. The van der Waals surface area contributed by atoms with E-state index >= 15 is 0 Å². The SMILES string of the molecule is ClC1=C(/C=[NH+]/[Pb])CCC/C1=C\Nc1ccccc1. The standard InChI is InChI=1S/C14H15ClN2.Pb/c15-14-11(9-16)5-4-6-12(14)10-17-13-7-2-1-3-8-13;/h1-3,7-10,16-17H,4-6H2;/q;+1/b12-10+,16-9?;. The summed E-state index contributed by atoms with van der Waals surface area (Å²) in [4.78, 5) is 0. The second-order valence-corrected chi connectivity index (χ2v) is 5.66. The molecule has 0 fully saturated rings. The molecule has 0 aromatic heterocycles. The molecule has 4 heteroatoms. The van der Waals surface area contributed by atoms with E-state index in [-0.39, 0.29) is 0 Å². The van der Waals surface area contributed by atoms with E-state index in [9.17, 15) is 0 Å². The molecule has 0 spiro atoms. The summed E-state index contributed by atoms with van der Waals surface area (Å²) in [5.74, 6) is 0. The molecule has 0 atom stereocenters. The number of benzene rings is 1. The van der Waals surface area contributed by atoms with Crippen LogP contribution in [0.3, 0.4) is 0 Å². The molecular weight excluding hydrogens is 439 g/mol. The fourth-order valence-corrected chi connectivity index (χ4v) is 2.93. The van der Waals surface area contributed by atoms with Gasteiger partial charge in [0.2, 0.25) is 0 Å². The van der Waals surface area contributed by atoms with Crippen LogP contribution in [0.4, 0.5) is 5.69 Å². The van der Waals surface area contributed by atoms with Crippen molar-refractivity contribution in [3.05, 3.63) is 52.7 Å². The predicted molar refractivity (Wildman–Crippen MR) is 77.7 cm³/mol. The van der Waals surface area contributed by atoms with Gasteiger partial charge in [0.05, 0.1) is 0 Å². The molecule has 2 nitrogen and oxygen atoms in total. The van der Waals surface area contributed by atoms with Crippen LogP contribution in [0.1, 0.15) is 19.3 Å². The summed E-state index contributed by atoms with van der Waals surface area (Å²) in [6.07, 6.45) is 7.34. The van der Waals surface area contributed by atoms with Crippen LogP contribution in [0.15, 0.2) is 52.7 Å². The van der Waals surface area contributed by atoms with Crippen LogP contribution in [0, 0.1) is 0 Å². The van der Waals surface area contributed by atoms with Crippen LogP contribution in [0.5, 0.6) is 0 Å². The van der Waals surface area contributed by atoms with Gasteiger partial charge in [-0.1, -0.05) is 0 Å². The Morgan fingerprint density at radius 2 is 2.00 bits per heavy atom. The van der Waals surface area contributed by atoms with Crippen molar-refractivity contribution in [3.63, 3.8) is 0 Å². The average molecular weight is 454 g/mol. The maximum atomic E-state index is 6.41. The molecule has 2 rings (SSSR count). The van der Waals surface area contributed by atoms with Crippen molar-refractivity contribution in [1.29, 1.82) is 0 Å². The summed E-state index contributed by atoms with van der Waals surface area (Å²) in [6, 6.07) is 10.1. The van der Waals surface area contributed by atoms with E-state index in [0.29, 0.717) is 0 Å². The quantitative estimate of drug-likeness (QED) is 0.530. The van der Waals surface area contributed by atoms with Gasteiger partial charge in [-0.15, -0.1) is 0 Å². The Morgan fingerprint density at radius 3 is 2.72 bits per heavy atom. The van der Waals surface area contributed by atoms with Crippen LogP contribution in [-0.4, -0.2) is 32.3 Å². The number of halogens is 1. The Bertz CT molecular complexity index is 492. The first-order valence-electron chi connectivity index (χ1n) is 5.96. The molecule has 0 aliphatic heterocycles. The molecule has 0 saturated carbocycles. The molecule has 1 aromatic rings. The number of anilines is 1. The van der Waals surface area contributed by atoms with Crippen LogP contribution in [0.25, 0.3) is 0 Å². The second-order valence-electron chi connectivity index (χ2n) is 4.16. The second kappa shape index (κ2) is 7.09. The summed E-state index contributed by atoms with van der Waals surface area (Å²) < 4.78 is 3.19. The number of rotatable bonds is 3. The van der Waals surface area contributed by atoms with Gasteiger partial charge in [0.15, 0.2) is 0 Å². The third-order valence-corrected chi connectivity index (χ3v) is 3.94. The van der Waals surface area contributed by atoms with Gasteiger partial charge in [-0.05, 0) is 0 Å². The van der Waals surface area contributed by atoms with Gasteiger partial charge in [0, 0.05) is 0 Å². The van der Waals surface area contributed by atoms with Gasteiger partial charge in [-0.2, -0.15) is 0 Å². The van der Waals surface area contributed by atoms with Crippen molar-refractivity contribution in [2.45, 2.75) is 19.3 Å². The third kappa shape index (κ3) is 3.69. The predicted octanol–water partition coefficient (Wildman–Crippen LogP) is 1.89. The molecule has 0 unspecified atom stereocenters. The molecule has 0 heterocycles. The molecule has 2 N–H and O–H groups in total. The Labute approximate surface area is 129 Å². The number of hydrogen-bond acceptors (Lipinski definition) is 1. The number of para-hydroxylation sites is 1. The first-order valence-corrected chi connectivity index (χ1v) is 8.28. The Kier molecular flexibility index (Phi) is 5.44. The molecule has 1 aromatic carbocycles. The molecular formula is C14H15ClN2Pb+. The van der Waals surface area contributed by atoms with E-state index in [1.807, 2.05) is 42.7 Å². The summed E-state index contributed by atoms with van der Waals surface area (Å²) in [5, 5.41) is 4.20. The van der Waals surface area contributed by atoms with E-state index in [0.717, 1.165) is 56.0 Å². The van der Waals surface area contributed by atoms with E-state index in [1.165, 1.54) is 11.1 Å². The zero-order valence-corrected chi connectivity index (χ0v) is 14.7. The van der Waals surface area contributed by atoms with Crippen molar-refractivity contribution in [1.82, 2.24) is 0 Å². The zero-order valence-electron chi connectivity index (χ0n) is 10.0. The van der Waals surface area contributed by atoms with Gasteiger partial charge in [0.25, 0.3) is 0 Å².